The maximum Gasteiger partial charge on any atom is 0.0713 e. The molecule has 34 heavy (non-hydrogen) atoms. The Bertz CT molecular complexity index is 980. The molecule has 2 aromatic rings. The first kappa shape index (κ1) is 30.4. The van der Waals surface area contributed by atoms with Crippen molar-refractivity contribution in [2.45, 2.75) is 53.9 Å². The lowest BCUT2D eigenvalue weighted by molar-refractivity contribution is 0.765. The summed E-state index contributed by atoms with van der Waals surface area (Å²) in [5.74, 6) is 2.25. The molecule has 1 aliphatic rings. The lowest BCUT2D eigenvalue weighted by Gasteiger charge is -2.35. The summed E-state index contributed by atoms with van der Waals surface area (Å²) in [5.41, 5.74) is 7.16. The van der Waals surface area contributed by atoms with E-state index in [0.29, 0.717) is 0 Å². The fourth-order valence-electron chi connectivity index (χ4n) is 4.25. The van der Waals surface area contributed by atoms with Crippen LogP contribution < -0.4 is 0 Å². The molecule has 0 heteroatoms. The highest BCUT2D eigenvalue weighted by Gasteiger charge is 2.46. The Morgan fingerprint density at radius 2 is 1.06 bits per heavy atom. The van der Waals surface area contributed by atoms with Crippen molar-refractivity contribution in [2.24, 2.45) is 0 Å². The molecule has 0 heterocycles. The Morgan fingerprint density at radius 1 is 0.735 bits per heavy atom. The van der Waals surface area contributed by atoms with Gasteiger partial charge >= 0.3 is 0 Å². The number of rotatable bonds is 6. The van der Waals surface area contributed by atoms with Crippen LogP contribution in [0.15, 0.2) is 121 Å². The van der Waals surface area contributed by atoms with Gasteiger partial charge in [-0.1, -0.05) is 138 Å². The largest absolute Gasteiger partial charge is 0.120 e. The predicted octanol–water partition coefficient (Wildman–Crippen LogP) is 10.0. The second kappa shape index (κ2) is 17.0. The van der Waals surface area contributed by atoms with E-state index in [9.17, 15) is 0 Å². The van der Waals surface area contributed by atoms with E-state index in [1.807, 2.05) is 39.8 Å². The molecule has 0 fully saturated rings. The van der Waals surface area contributed by atoms with E-state index < -0.39 is 5.41 Å². The summed E-state index contributed by atoms with van der Waals surface area (Å²) in [7, 11) is 0. The highest BCUT2D eigenvalue weighted by Crippen LogP contribution is 2.57. The first-order valence-corrected chi connectivity index (χ1v) is 12.2. The molecule has 0 nitrogen and oxygen atoms in total. The molecule has 0 unspecified atom stereocenters. The number of hydrogen-bond donors (Lipinski definition) is 0. The monoisotopic (exact) mass is 450 g/mol. The minimum atomic E-state index is -0.394. The zero-order chi connectivity index (χ0) is 26.0. The van der Waals surface area contributed by atoms with E-state index in [1.165, 1.54) is 33.4 Å². The van der Waals surface area contributed by atoms with Gasteiger partial charge in [0.25, 0.3) is 0 Å². The Hall–Kier alpha value is -3.56. The van der Waals surface area contributed by atoms with E-state index in [2.05, 4.69) is 124 Å². The number of benzene rings is 2. The molecule has 1 aliphatic carbocycles. The van der Waals surface area contributed by atoms with E-state index in [1.54, 1.807) is 6.92 Å². The summed E-state index contributed by atoms with van der Waals surface area (Å²) >= 11 is 0. The molecule has 3 rings (SSSR count). The van der Waals surface area contributed by atoms with Gasteiger partial charge < -0.3 is 0 Å². The maximum atomic E-state index is 4.60. The van der Waals surface area contributed by atoms with Gasteiger partial charge in [-0.25, -0.2) is 0 Å². The summed E-state index contributed by atoms with van der Waals surface area (Å²) < 4.78 is 0. The van der Waals surface area contributed by atoms with Crippen molar-refractivity contribution in [3.63, 3.8) is 0 Å². The fourth-order valence-corrected chi connectivity index (χ4v) is 4.25. The van der Waals surface area contributed by atoms with Gasteiger partial charge in [-0.3, -0.25) is 0 Å². The predicted molar refractivity (Wildman–Crippen MR) is 156 cm³/mol. The highest BCUT2D eigenvalue weighted by molar-refractivity contribution is 5.87. The third-order valence-electron chi connectivity index (χ3n) is 5.11. The average Bonchev–Trinajstić information content (AvgIpc) is 3.18. The molecule has 0 atom stereocenters. The summed E-state index contributed by atoms with van der Waals surface area (Å²) in [6, 6.07) is 17.4. The number of terminal acetylenes is 1. The Labute approximate surface area is 209 Å². The minimum absolute atomic E-state index is 0.394. The van der Waals surface area contributed by atoms with E-state index >= 15 is 0 Å². The molecule has 2 aromatic carbocycles. The molecule has 0 spiro atoms. The van der Waals surface area contributed by atoms with Crippen LogP contribution in [0.5, 0.6) is 0 Å². The van der Waals surface area contributed by atoms with Crippen molar-refractivity contribution >= 4 is 0 Å². The van der Waals surface area contributed by atoms with Crippen LogP contribution in [0, 0.1) is 12.3 Å². The zero-order valence-corrected chi connectivity index (χ0v) is 22.2. The van der Waals surface area contributed by atoms with Gasteiger partial charge in [0.15, 0.2) is 0 Å². The summed E-state index contributed by atoms with van der Waals surface area (Å²) in [4.78, 5) is 0. The molecular formula is C34H42. The first-order valence-electron chi connectivity index (χ1n) is 12.2. The quantitative estimate of drug-likeness (QED) is 0.303. The van der Waals surface area contributed by atoms with E-state index in [0.717, 1.165) is 0 Å². The van der Waals surface area contributed by atoms with Crippen LogP contribution in [0.1, 0.15) is 59.6 Å². The molecule has 0 bridgehead atoms. The number of hydrogen-bond acceptors (Lipinski definition) is 0. The van der Waals surface area contributed by atoms with Crippen molar-refractivity contribution in [2.75, 3.05) is 0 Å². The third-order valence-corrected chi connectivity index (χ3v) is 5.11. The molecule has 0 N–H and O–H groups in total. The van der Waals surface area contributed by atoms with Gasteiger partial charge in [-0.2, -0.15) is 0 Å². The summed E-state index contributed by atoms with van der Waals surface area (Å²) in [6.07, 6.45) is 21.2. The normalized spacial score (nSPS) is 13.1. The average molecular weight is 451 g/mol. The lowest BCUT2D eigenvalue weighted by Crippen LogP contribution is -2.29. The van der Waals surface area contributed by atoms with Crippen molar-refractivity contribution in [1.82, 2.24) is 0 Å². The van der Waals surface area contributed by atoms with Crippen molar-refractivity contribution in [3.8, 4) is 23.5 Å². The van der Waals surface area contributed by atoms with Gasteiger partial charge in [-0.15, -0.1) is 12.3 Å². The fraction of sp³-hybridized carbons (Fsp3) is 0.235. The number of fused-ring (bicyclic) bond motifs is 3. The third kappa shape index (κ3) is 6.27. The van der Waals surface area contributed by atoms with Crippen LogP contribution in [0.4, 0.5) is 0 Å². The Kier molecular flexibility index (Phi) is 15.2. The summed E-state index contributed by atoms with van der Waals surface area (Å²) in [5, 5.41) is 0. The molecule has 178 valence electrons. The van der Waals surface area contributed by atoms with E-state index in [4.69, 9.17) is 0 Å². The SMILES string of the molecule is C#CC.C=C/C=C(\C=C/C)C1(C(/C=C\C)=C/C=C)c2ccccc2-c2ccccc21.CC.CC. The molecule has 0 aliphatic heterocycles. The van der Waals surface area contributed by atoms with Gasteiger partial charge in [0.1, 0.15) is 0 Å². The Balaban J connectivity index is 0.00000141. The van der Waals surface area contributed by atoms with Gasteiger partial charge in [0.05, 0.1) is 5.41 Å². The van der Waals surface area contributed by atoms with Crippen molar-refractivity contribution < 1.29 is 0 Å². The van der Waals surface area contributed by atoms with Crippen LogP contribution in [0.25, 0.3) is 11.1 Å². The molecule has 0 amide bonds. The van der Waals surface area contributed by atoms with Crippen molar-refractivity contribution in [3.05, 3.63) is 133 Å². The topological polar surface area (TPSA) is 0 Å². The molecule has 0 saturated carbocycles. The molecule has 0 saturated heterocycles. The van der Waals surface area contributed by atoms with Crippen LogP contribution >= 0.6 is 0 Å². The van der Waals surface area contributed by atoms with Crippen LogP contribution in [-0.2, 0) is 5.41 Å². The minimum Gasteiger partial charge on any atom is -0.120 e. The lowest BCUT2D eigenvalue weighted by atomic mass is 9.66. The molecule has 0 aromatic heterocycles. The standard InChI is InChI=1S/C27H26.C3H4.2C2H6/c1-5-13-21(14-6-2)27(22(15-7-3)16-8-4)25-19-11-9-17-23(25)24-18-10-12-20-26(24)27;1-3-2;2*1-2/h5-20H,1,3H2,2,4H3;1H,2H3;2*1-2H3/b14-6-,16-8-,21-13+,22-15+;;;. The van der Waals surface area contributed by atoms with Crippen molar-refractivity contribution in [1.29, 1.82) is 0 Å². The molecular weight excluding hydrogens is 408 g/mol. The summed E-state index contributed by atoms with van der Waals surface area (Å²) in [6.45, 7) is 21.7. The van der Waals surface area contributed by atoms with Gasteiger partial charge in [0.2, 0.25) is 0 Å². The van der Waals surface area contributed by atoms with Gasteiger partial charge in [0, 0.05) is 0 Å². The smallest absolute Gasteiger partial charge is 0.0713 e. The Morgan fingerprint density at radius 3 is 1.35 bits per heavy atom. The second-order valence-corrected chi connectivity index (χ2v) is 6.85. The number of allylic oxidation sites excluding steroid dienone is 10. The van der Waals surface area contributed by atoms with Crippen LogP contribution in [0.2, 0.25) is 0 Å². The van der Waals surface area contributed by atoms with Crippen LogP contribution in [-0.4, -0.2) is 0 Å². The highest BCUT2D eigenvalue weighted by atomic mass is 14.5. The van der Waals surface area contributed by atoms with E-state index in [-0.39, 0.29) is 0 Å². The zero-order valence-electron chi connectivity index (χ0n) is 22.2. The second-order valence-electron chi connectivity index (χ2n) is 6.85. The van der Waals surface area contributed by atoms with Gasteiger partial charge in [-0.05, 0) is 54.2 Å². The first-order chi connectivity index (χ1) is 16.7. The maximum absolute atomic E-state index is 4.60. The van der Waals surface area contributed by atoms with Crippen LogP contribution in [0.3, 0.4) is 0 Å². The molecule has 0 radical (unpaired) electrons.